The topological polar surface area (TPSA) is 0 Å². The standard InChI is InChI=1S/C32H38.C5H10.C3H8/c1-22(2)29-15-12-24(4)32(21-29)31-20-28(13-11-23(31)3)19-30-16-14-27(17-25(30)5)18-26-9-7-6-8-10-26;1-4-5(2)3;1-3-2/h11-17,20-21,26H,1,6-10,18-19H2,2-5H3;2,4H2,1,3H3;3H2,1-2H3. The van der Waals surface area contributed by atoms with Gasteiger partial charge < -0.3 is 0 Å². The monoisotopic (exact) mass is 536 g/mol. The highest BCUT2D eigenvalue weighted by molar-refractivity contribution is 5.76. The van der Waals surface area contributed by atoms with Crippen molar-refractivity contribution in [1.82, 2.24) is 0 Å². The van der Waals surface area contributed by atoms with Gasteiger partial charge in [0.2, 0.25) is 0 Å². The van der Waals surface area contributed by atoms with Gasteiger partial charge in [-0.05, 0) is 116 Å². The van der Waals surface area contributed by atoms with Crippen LogP contribution in [0.5, 0.6) is 0 Å². The Morgan fingerprint density at radius 2 is 1.25 bits per heavy atom. The van der Waals surface area contributed by atoms with Gasteiger partial charge in [0.05, 0.1) is 0 Å². The van der Waals surface area contributed by atoms with E-state index in [-0.39, 0.29) is 0 Å². The van der Waals surface area contributed by atoms with Crippen LogP contribution in [0.25, 0.3) is 16.7 Å². The van der Waals surface area contributed by atoms with Gasteiger partial charge in [-0.1, -0.05) is 126 Å². The molecule has 0 amide bonds. The highest BCUT2D eigenvalue weighted by Gasteiger charge is 2.15. The average Bonchev–Trinajstić information content (AvgIpc) is 2.93. The molecule has 0 N–H and O–H groups in total. The van der Waals surface area contributed by atoms with Gasteiger partial charge in [0.1, 0.15) is 0 Å². The SMILES string of the molecule is C=C(C)CC.C=C(C)c1ccc(C)c(-c2cc(Cc3ccc(CC4CCCCC4)cc3C)ccc2C)c1.CCC. The Morgan fingerprint density at radius 1 is 0.700 bits per heavy atom. The van der Waals surface area contributed by atoms with Crippen molar-refractivity contribution in [3.05, 3.63) is 112 Å². The van der Waals surface area contributed by atoms with E-state index in [0.717, 1.165) is 24.3 Å². The van der Waals surface area contributed by atoms with E-state index in [4.69, 9.17) is 0 Å². The van der Waals surface area contributed by atoms with E-state index in [9.17, 15) is 0 Å². The molecule has 3 aromatic carbocycles. The summed E-state index contributed by atoms with van der Waals surface area (Å²) >= 11 is 0. The first-order valence-corrected chi connectivity index (χ1v) is 15.7. The molecule has 0 radical (unpaired) electrons. The Kier molecular flexibility index (Phi) is 14.2. The first-order valence-electron chi connectivity index (χ1n) is 15.7. The van der Waals surface area contributed by atoms with Crippen molar-refractivity contribution in [3.8, 4) is 11.1 Å². The second-order valence-corrected chi connectivity index (χ2v) is 12.1. The maximum atomic E-state index is 4.14. The van der Waals surface area contributed by atoms with Gasteiger partial charge >= 0.3 is 0 Å². The number of hydrogen-bond acceptors (Lipinski definition) is 0. The molecule has 1 aliphatic carbocycles. The van der Waals surface area contributed by atoms with Crippen LogP contribution in [0.1, 0.15) is 119 Å². The van der Waals surface area contributed by atoms with Crippen LogP contribution in [0.15, 0.2) is 73.3 Å². The van der Waals surface area contributed by atoms with Gasteiger partial charge in [-0.2, -0.15) is 0 Å². The normalized spacial score (nSPS) is 13.0. The molecule has 0 aliphatic heterocycles. The lowest BCUT2D eigenvalue weighted by Crippen LogP contribution is -2.09. The van der Waals surface area contributed by atoms with Crippen LogP contribution in [0.4, 0.5) is 0 Å². The molecule has 216 valence electrons. The third-order valence-corrected chi connectivity index (χ3v) is 7.98. The van der Waals surface area contributed by atoms with Crippen molar-refractivity contribution >= 4 is 5.57 Å². The van der Waals surface area contributed by atoms with Crippen molar-refractivity contribution in [2.75, 3.05) is 0 Å². The third kappa shape index (κ3) is 10.6. The summed E-state index contributed by atoms with van der Waals surface area (Å²) in [5.41, 5.74) is 14.7. The number of benzene rings is 3. The summed E-state index contributed by atoms with van der Waals surface area (Å²) in [5, 5.41) is 0. The molecule has 1 saturated carbocycles. The molecular formula is C40H56. The highest BCUT2D eigenvalue weighted by atomic mass is 14.2. The second-order valence-electron chi connectivity index (χ2n) is 12.1. The Hall–Kier alpha value is -2.86. The largest absolute Gasteiger partial charge is 0.100 e. The van der Waals surface area contributed by atoms with Crippen LogP contribution in [0.3, 0.4) is 0 Å². The van der Waals surface area contributed by atoms with Crippen LogP contribution in [-0.2, 0) is 12.8 Å². The van der Waals surface area contributed by atoms with E-state index < -0.39 is 0 Å². The fourth-order valence-corrected chi connectivity index (χ4v) is 5.27. The van der Waals surface area contributed by atoms with E-state index in [1.807, 2.05) is 6.92 Å². The van der Waals surface area contributed by atoms with E-state index in [0.29, 0.717) is 0 Å². The molecule has 40 heavy (non-hydrogen) atoms. The molecule has 0 saturated heterocycles. The lowest BCUT2D eigenvalue weighted by Gasteiger charge is -2.22. The van der Waals surface area contributed by atoms with Gasteiger partial charge in [0.25, 0.3) is 0 Å². The predicted octanol–water partition coefficient (Wildman–Crippen LogP) is 12.4. The van der Waals surface area contributed by atoms with Crippen molar-refractivity contribution < 1.29 is 0 Å². The molecule has 0 heterocycles. The Balaban J connectivity index is 0.000000621. The maximum Gasteiger partial charge on any atom is -0.00229 e. The second kappa shape index (κ2) is 17.1. The Morgan fingerprint density at radius 3 is 1.80 bits per heavy atom. The number of hydrogen-bond donors (Lipinski definition) is 0. The van der Waals surface area contributed by atoms with Gasteiger partial charge in [-0.25, -0.2) is 0 Å². The van der Waals surface area contributed by atoms with Gasteiger partial charge in [0, 0.05) is 0 Å². The lowest BCUT2D eigenvalue weighted by molar-refractivity contribution is 0.356. The van der Waals surface area contributed by atoms with Crippen LogP contribution in [-0.4, -0.2) is 0 Å². The van der Waals surface area contributed by atoms with Gasteiger partial charge in [-0.15, -0.1) is 6.58 Å². The molecule has 0 nitrogen and oxygen atoms in total. The molecule has 0 atom stereocenters. The van der Waals surface area contributed by atoms with Crippen LogP contribution in [0, 0.1) is 26.7 Å². The summed E-state index contributed by atoms with van der Waals surface area (Å²) in [7, 11) is 0. The van der Waals surface area contributed by atoms with E-state index in [2.05, 4.69) is 116 Å². The first-order chi connectivity index (χ1) is 19.1. The minimum absolute atomic E-state index is 0.895. The third-order valence-electron chi connectivity index (χ3n) is 7.98. The molecule has 0 heteroatoms. The Bertz CT molecular complexity index is 1230. The molecule has 0 unspecified atom stereocenters. The van der Waals surface area contributed by atoms with E-state index >= 15 is 0 Å². The number of aryl methyl sites for hydroxylation is 3. The number of rotatable bonds is 7. The smallest absolute Gasteiger partial charge is 0.00229 e. The molecule has 3 aromatic rings. The summed E-state index contributed by atoms with van der Waals surface area (Å²) in [6.07, 6.45) is 11.7. The fraction of sp³-hybridized carbons (Fsp3) is 0.450. The molecule has 1 fully saturated rings. The lowest BCUT2D eigenvalue weighted by atomic mass is 9.84. The number of allylic oxidation sites excluding steroid dienone is 2. The zero-order chi connectivity index (χ0) is 29.7. The summed E-state index contributed by atoms with van der Waals surface area (Å²) in [4.78, 5) is 0. The molecule has 0 bridgehead atoms. The summed E-state index contributed by atoms with van der Waals surface area (Å²) in [5.74, 6) is 0.895. The highest BCUT2D eigenvalue weighted by Crippen LogP contribution is 2.32. The van der Waals surface area contributed by atoms with Gasteiger partial charge in [0.15, 0.2) is 0 Å². The molecule has 0 aromatic heterocycles. The van der Waals surface area contributed by atoms with Crippen LogP contribution < -0.4 is 0 Å². The maximum absolute atomic E-state index is 4.14. The summed E-state index contributed by atoms with van der Waals surface area (Å²) in [6, 6.07) is 20.9. The summed E-state index contributed by atoms with van der Waals surface area (Å²) in [6.45, 7) is 25.0. The molecule has 0 spiro atoms. The minimum atomic E-state index is 0.895. The van der Waals surface area contributed by atoms with Gasteiger partial charge in [-0.3, -0.25) is 0 Å². The minimum Gasteiger partial charge on any atom is -0.100 e. The molecular weight excluding hydrogens is 480 g/mol. The molecule has 4 rings (SSSR count). The summed E-state index contributed by atoms with van der Waals surface area (Å²) < 4.78 is 0. The van der Waals surface area contributed by atoms with E-state index in [1.54, 1.807) is 0 Å². The zero-order valence-electron chi connectivity index (χ0n) is 27.1. The van der Waals surface area contributed by atoms with Crippen molar-refractivity contribution in [2.24, 2.45) is 5.92 Å². The quantitative estimate of drug-likeness (QED) is 0.263. The van der Waals surface area contributed by atoms with Crippen molar-refractivity contribution in [3.63, 3.8) is 0 Å². The average molecular weight is 537 g/mol. The molecule has 1 aliphatic rings. The van der Waals surface area contributed by atoms with Crippen LogP contribution in [0.2, 0.25) is 0 Å². The van der Waals surface area contributed by atoms with Crippen molar-refractivity contribution in [1.29, 1.82) is 0 Å². The van der Waals surface area contributed by atoms with Crippen molar-refractivity contribution in [2.45, 2.75) is 113 Å². The zero-order valence-corrected chi connectivity index (χ0v) is 27.1. The van der Waals surface area contributed by atoms with E-state index in [1.165, 1.54) is 101 Å². The van der Waals surface area contributed by atoms with Crippen LogP contribution >= 0.6 is 0 Å². The Labute approximate surface area is 247 Å². The first kappa shape index (κ1) is 33.3. The fourth-order valence-electron chi connectivity index (χ4n) is 5.27. The predicted molar refractivity (Wildman–Crippen MR) is 181 cm³/mol.